The average Bonchev–Trinajstić information content (AvgIpc) is 2.37. The van der Waals surface area contributed by atoms with Gasteiger partial charge in [-0.1, -0.05) is 0 Å². The third-order valence-corrected chi connectivity index (χ3v) is 3.18. The molecule has 0 unspecified atom stereocenters. The number of esters is 1. The zero-order valence-corrected chi connectivity index (χ0v) is 11.7. The number of fused-ring (bicyclic) bond motifs is 1. The van der Waals surface area contributed by atoms with Gasteiger partial charge in [0.2, 0.25) is 0 Å². The predicted octanol–water partition coefficient (Wildman–Crippen LogP) is 2.86. The predicted molar refractivity (Wildman–Crippen MR) is 72.3 cm³/mol. The summed E-state index contributed by atoms with van der Waals surface area (Å²) in [5.41, 5.74) is 2.88. The Kier molecular flexibility index (Phi) is 3.79. The molecule has 0 amide bonds. The molecule has 0 aromatic heterocycles. The summed E-state index contributed by atoms with van der Waals surface area (Å²) < 4.78 is 16.2. The SMILES string of the molecule is COc1cc(C)c(OC)c2c1C(OC(C)=O)=CCC2. The van der Waals surface area contributed by atoms with Gasteiger partial charge in [-0.15, -0.1) is 0 Å². The quantitative estimate of drug-likeness (QED) is 0.786. The van der Waals surface area contributed by atoms with Gasteiger partial charge in [0.25, 0.3) is 0 Å². The molecule has 0 atom stereocenters. The number of carbonyl (C=O) groups excluding carboxylic acids is 1. The van der Waals surface area contributed by atoms with Crippen molar-refractivity contribution in [1.29, 1.82) is 0 Å². The van der Waals surface area contributed by atoms with Crippen LogP contribution in [0.15, 0.2) is 12.1 Å². The Balaban J connectivity index is 2.62. The van der Waals surface area contributed by atoms with Crippen LogP contribution in [0.1, 0.15) is 30.0 Å². The van der Waals surface area contributed by atoms with Gasteiger partial charge >= 0.3 is 5.97 Å². The first-order valence-corrected chi connectivity index (χ1v) is 6.21. The molecule has 19 heavy (non-hydrogen) atoms. The Hall–Kier alpha value is -1.97. The van der Waals surface area contributed by atoms with Crippen molar-refractivity contribution in [1.82, 2.24) is 0 Å². The highest BCUT2D eigenvalue weighted by Gasteiger charge is 2.24. The molecule has 4 heteroatoms. The number of rotatable bonds is 3. The summed E-state index contributed by atoms with van der Waals surface area (Å²) in [6, 6.07) is 1.90. The average molecular weight is 262 g/mol. The van der Waals surface area contributed by atoms with E-state index in [4.69, 9.17) is 14.2 Å². The Morgan fingerprint density at radius 1 is 1.26 bits per heavy atom. The molecule has 0 radical (unpaired) electrons. The second-order valence-corrected chi connectivity index (χ2v) is 4.48. The van der Waals surface area contributed by atoms with E-state index >= 15 is 0 Å². The van der Waals surface area contributed by atoms with E-state index < -0.39 is 0 Å². The van der Waals surface area contributed by atoms with Gasteiger partial charge in [-0.2, -0.15) is 0 Å². The summed E-state index contributed by atoms with van der Waals surface area (Å²) in [6.45, 7) is 3.37. The van der Waals surface area contributed by atoms with Crippen molar-refractivity contribution in [3.8, 4) is 11.5 Å². The number of allylic oxidation sites excluding steroid dienone is 1. The number of hydrogen-bond acceptors (Lipinski definition) is 4. The van der Waals surface area contributed by atoms with Gasteiger partial charge in [-0.3, -0.25) is 4.79 Å². The fourth-order valence-corrected chi connectivity index (χ4v) is 2.49. The molecule has 2 rings (SSSR count). The molecular formula is C15H18O4. The van der Waals surface area contributed by atoms with E-state index in [0.717, 1.165) is 35.3 Å². The summed E-state index contributed by atoms with van der Waals surface area (Å²) in [4.78, 5) is 11.2. The molecule has 0 bridgehead atoms. The Bertz CT molecular complexity index is 544. The summed E-state index contributed by atoms with van der Waals surface area (Å²) in [5, 5.41) is 0. The molecule has 0 aliphatic heterocycles. The minimum atomic E-state index is -0.333. The first-order chi connectivity index (χ1) is 9.08. The van der Waals surface area contributed by atoms with E-state index in [9.17, 15) is 4.79 Å². The molecule has 1 aromatic carbocycles. The number of methoxy groups -OCH3 is 2. The van der Waals surface area contributed by atoms with Crippen LogP contribution in [0.3, 0.4) is 0 Å². The standard InChI is InChI=1S/C15H18O4/c1-9-8-13(17-3)14-11(15(9)18-4)6-5-7-12(14)19-10(2)16/h7-8H,5-6H2,1-4H3. The van der Waals surface area contributed by atoms with Crippen molar-refractivity contribution in [2.75, 3.05) is 14.2 Å². The molecular weight excluding hydrogens is 244 g/mol. The maximum Gasteiger partial charge on any atom is 0.308 e. The molecule has 0 spiro atoms. The second kappa shape index (κ2) is 5.34. The number of aryl methyl sites for hydroxylation is 1. The lowest BCUT2D eigenvalue weighted by Crippen LogP contribution is -2.10. The van der Waals surface area contributed by atoms with E-state index in [0.29, 0.717) is 11.5 Å². The molecule has 1 aromatic rings. The summed E-state index contributed by atoms with van der Waals surface area (Å²) >= 11 is 0. The van der Waals surface area contributed by atoms with Crippen molar-refractivity contribution >= 4 is 11.7 Å². The number of ether oxygens (including phenoxy) is 3. The van der Waals surface area contributed by atoms with Crippen LogP contribution in [0.2, 0.25) is 0 Å². The molecule has 0 saturated carbocycles. The highest BCUT2D eigenvalue weighted by atomic mass is 16.5. The third-order valence-electron chi connectivity index (χ3n) is 3.18. The van der Waals surface area contributed by atoms with Crippen molar-refractivity contribution < 1.29 is 19.0 Å². The van der Waals surface area contributed by atoms with Crippen LogP contribution < -0.4 is 9.47 Å². The fraction of sp³-hybridized carbons (Fsp3) is 0.400. The van der Waals surface area contributed by atoms with E-state index in [-0.39, 0.29) is 5.97 Å². The van der Waals surface area contributed by atoms with Gasteiger partial charge in [0.15, 0.2) is 0 Å². The van der Waals surface area contributed by atoms with Crippen LogP contribution in [0.25, 0.3) is 5.76 Å². The lowest BCUT2D eigenvalue weighted by molar-refractivity contribution is -0.134. The fourth-order valence-electron chi connectivity index (χ4n) is 2.49. The molecule has 0 fully saturated rings. The minimum absolute atomic E-state index is 0.333. The summed E-state index contributed by atoms with van der Waals surface area (Å²) in [5.74, 6) is 1.78. The lowest BCUT2D eigenvalue weighted by atomic mass is 9.92. The highest BCUT2D eigenvalue weighted by Crippen LogP contribution is 2.41. The topological polar surface area (TPSA) is 44.8 Å². The van der Waals surface area contributed by atoms with E-state index in [1.807, 2.05) is 19.1 Å². The van der Waals surface area contributed by atoms with Gasteiger partial charge in [0, 0.05) is 12.5 Å². The van der Waals surface area contributed by atoms with Crippen LogP contribution in [0.5, 0.6) is 11.5 Å². The van der Waals surface area contributed by atoms with Gasteiger partial charge < -0.3 is 14.2 Å². The maximum absolute atomic E-state index is 11.2. The highest BCUT2D eigenvalue weighted by molar-refractivity contribution is 5.81. The lowest BCUT2D eigenvalue weighted by Gasteiger charge is -2.23. The summed E-state index contributed by atoms with van der Waals surface area (Å²) in [6.07, 6.45) is 3.58. The van der Waals surface area contributed by atoms with Crippen LogP contribution in [-0.2, 0) is 16.0 Å². The van der Waals surface area contributed by atoms with Crippen LogP contribution in [0, 0.1) is 6.92 Å². The molecule has 1 aliphatic rings. The van der Waals surface area contributed by atoms with Crippen LogP contribution in [0.4, 0.5) is 0 Å². The third kappa shape index (κ3) is 2.43. The minimum Gasteiger partial charge on any atom is -0.496 e. The van der Waals surface area contributed by atoms with Gasteiger partial charge in [-0.25, -0.2) is 0 Å². The van der Waals surface area contributed by atoms with Gasteiger partial charge in [-0.05, 0) is 37.5 Å². The van der Waals surface area contributed by atoms with Gasteiger partial charge in [0.05, 0.1) is 19.8 Å². The van der Waals surface area contributed by atoms with Crippen molar-refractivity contribution in [3.05, 3.63) is 28.8 Å². The molecule has 0 saturated heterocycles. The molecule has 1 aliphatic carbocycles. The first kappa shape index (κ1) is 13.5. The number of carbonyl (C=O) groups is 1. The van der Waals surface area contributed by atoms with Crippen molar-refractivity contribution in [2.24, 2.45) is 0 Å². The Morgan fingerprint density at radius 2 is 2.00 bits per heavy atom. The first-order valence-electron chi connectivity index (χ1n) is 6.21. The van der Waals surface area contributed by atoms with Crippen molar-refractivity contribution in [2.45, 2.75) is 26.7 Å². The van der Waals surface area contributed by atoms with Crippen molar-refractivity contribution in [3.63, 3.8) is 0 Å². The zero-order valence-electron chi connectivity index (χ0n) is 11.7. The Morgan fingerprint density at radius 3 is 2.58 bits per heavy atom. The molecule has 102 valence electrons. The number of benzene rings is 1. The van der Waals surface area contributed by atoms with E-state index in [2.05, 4.69) is 0 Å². The number of hydrogen-bond donors (Lipinski definition) is 0. The summed E-state index contributed by atoms with van der Waals surface area (Å²) in [7, 11) is 3.26. The van der Waals surface area contributed by atoms with Gasteiger partial charge in [0.1, 0.15) is 17.3 Å². The van der Waals surface area contributed by atoms with Crippen LogP contribution >= 0.6 is 0 Å². The van der Waals surface area contributed by atoms with Crippen LogP contribution in [-0.4, -0.2) is 20.2 Å². The molecule has 4 nitrogen and oxygen atoms in total. The second-order valence-electron chi connectivity index (χ2n) is 4.48. The smallest absolute Gasteiger partial charge is 0.308 e. The Labute approximate surface area is 113 Å². The molecule has 0 N–H and O–H groups in total. The van der Waals surface area contributed by atoms with E-state index in [1.54, 1.807) is 14.2 Å². The van der Waals surface area contributed by atoms with E-state index in [1.165, 1.54) is 6.92 Å². The normalized spacial score (nSPS) is 13.4. The molecule has 0 heterocycles. The zero-order chi connectivity index (χ0) is 14.0. The monoisotopic (exact) mass is 262 g/mol. The largest absolute Gasteiger partial charge is 0.496 e. The maximum atomic E-state index is 11.2.